The molecule has 0 radical (unpaired) electrons. The lowest BCUT2D eigenvalue weighted by molar-refractivity contribution is 0.302. The monoisotopic (exact) mass is 271 g/mol. The molecule has 0 unspecified atom stereocenters. The highest BCUT2D eigenvalue weighted by atomic mass is 79.9. The number of halogens is 1. The first-order valence-corrected chi connectivity index (χ1v) is 5.36. The van der Waals surface area contributed by atoms with Crippen LogP contribution in [0.15, 0.2) is 29.4 Å². The van der Waals surface area contributed by atoms with Gasteiger partial charge in [-0.25, -0.2) is 4.98 Å². The molecule has 3 N–H and O–H groups in total. The van der Waals surface area contributed by atoms with Gasteiger partial charge in [-0.2, -0.15) is 0 Å². The number of rotatable bonds is 5. The summed E-state index contributed by atoms with van der Waals surface area (Å²) in [4.78, 5) is 6.08. The lowest BCUT2D eigenvalue weighted by Gasteiger charge is -2.22. The third-order valence-electron chi connectivity index (χ3n) is 1.88. The second kappa shape index (κ2) is 5.72. The quantitative estimate of drug-likeness (QED) is 0.795. The van der Waals surface area contributed by atoms with Crippen LogP contribution < -0.4 is 10.6 Å². The van der Waals surface area contributed by atoms with Gasteiger partial charge in [0, 0.05) is 23.8 Å². The van der Waals surface area contributed by atoms with Gasteiger partial charge in [0.25, 0.3) is 0 Å². The van der Waals surface area contributed by atoms with E-state index in [1.165, 1.54) is 0 Å². The van der Waals surface area contributed by atoms with Crippen molar-refractivity contribution in [1.82, 2.24) is 4.98 Å². The molecular formula is C10H14BrN3O. The first-order valence-electron chi connectivity index (χ1n) is 4.56. The zero-order chi connectivity index (χ0) is 11.3. The van der Waals surface area contributed by atoms with Gasteiger partial charge in [-0.3, -0.25) is 0 Å². The molecule has 1 heterocycles. The molecule has 0 aliphatic heterocycles. The molecule has 1 aromatic rings. The molecule has 0 aromatic carbocycles. The maximum atomic E-state index is 8.92. The van der Waals surface area contributed by atoms with E-state index < -0.39 is 0 Å². The third kappa shape index (κ3) is 3.21. The van der Waals surface area contributed by atoms with Crippen LogP contribution in [0.1, 0.15) is 0 Å². The van der Waals surface area contributed by atoms with Crippen LogP contribution in [0.3, 0.4) is 0 Å². The minimum atomic E-state index is 0.0605. The highest BCUT2D eigenvalue weighted by Crippen LogP contribution is 2.23. The summed E-state index contributed by atoms with van der Waals surface area (Å²) in [5, 5.41) is 8.92. The smallest absolute Gasteiger partial charge is 0.152 e. The molecule has 0 saturated heterocycles. The number of hydrogen-bond acceptors (Lipinski definition) is 4. The highest BCUT2D eigenvalue weighted by Gasteiger charge is 2.09. The Kier molecular flexibility index (Phi) is 4.58. The average molecular weight is 272 g/mol. The fourth-order valence-electron chi connectivity index (χ4n) is 1.27. The summed E-state index contributed by atoms with van der Waals surface area (Å²) < 4.78 is 0.839. The number of aromatic nitrogens is 1. The van der Waals surface area contributed by atoms with Gasteiger partial charge in [0.1, 0.15) is 0 Å². The van der Waals surface area contributed by atoms with Crippen molar-refractivity contribution in [2.75, 3.05) is 30.3 Å². The SMILES string of the molecule is C=CCN(CCO)c1ncc(Br)cc1N. The molecule has 1 rings (SSSR count). The van der Waals surface area contributed by atoms with Crippen LogP contribution in [0.5, 0.6) is 0 Å². The predicted molar refractivity (Wildman–Crippen MR) is 65.8 cm³/mol. The molecule has 0 fully saturated rings. The van der Waals surface area contributed by atoms with Crippen molar-refractivity contribution in [1.29, 1.82) is 0 Å². The molecule has 82 valence electrons. The number of pyridine rings is 1. The number of nitrogen functional groups attached to an aromatic ring is 1. The standard InChI is InChI=1S/C10H14BrN3O/c1-2-3-14(4-5-15)10-9(12)6-8(11)7-13-10/h2,6-7,15H,1,3-5,12H2. The normalized spacial score (nSPS) is 10.0. The van der Waals surface area contributed by atoms with E-state index in [9.17, 15) is 0 Å². The van der Waals surface area contributed by atoms with Crippen LogP contribution in [0.2, 0.25) is 0 Å². The van der Waals surface area contributed by atoms with Crippen molar-refractivity contribution in [3.05, 3.63) is 29.4 Å². The van der Waals surface area contributed by atoms with Gasteiger partial charge in [0.2, 0.25) is 0 Å². The van der Waals surface area contributed by atoms with Crippen LogP contribution in [0.4, 0.5) is 11.5 Å². The number of aliphatic hydroxyl groups excluding tert-OH is 1. The number of anilines is 2. The van der Waals surface area contributed by atoms with E-state index in [0.717, 1.165) is 4.47 Å². The van der Waals surface area contributed by atoms with Crippen molar-refractivity contribution in [2.45, 2.75) is 0 Å². The van der Waals surface area contributed by atoms with Gasteiger partial charge in [-0.15, -0.1) is 6.58 Å². The predicted octanol–water partition coefficient (Wildman–Crippen LogP) is 1.41. The van der Waals surface area contributed by atoms with E-state index in [1.54, 1.807) is 18.3 Å². The van der Waals surface area contributed by atoms with E-state index in [-0.39, 0.29) is 6.61 Å². The van der Waals surface area contributed by atoms with Gasteiger partial charge in [0.15, 0.2) is 5.82 Å². The summed E-state index contributed by atoms with van der Waals surface area (Å²) in [5.74, 6) is 0.673. The van der Waals surface area contributed by atoms with Crippen molar-refractivity contribution >= 4 is 27.4 Å². The number of nitrogens with zero attached hydrogens (tertiary/aromatic N) is 2. The van der Waals surface area contributed by atoms with E-state index in [1.807, 2.05) is 4.90 Å². The molecule has 0 saturated carbocycles. The van der Waals surface area contributed by atoms with Crippen molar-refractivity contribution in [3.63, 3.8) is 0 Å². The lowest BCUT2D eigenvalue weighted by atomic mass is 10.3. The zero-order valence-electron chi connectivity index (χ0n) is 8.36. The second-order valence-corrected chi connectivity index (χ2v) is 3.94. The maximum absolute atomic E-state index is 8.92. The van der Waals surface area contributed by atoms with Crippen LogP contribution in [0, 0.1) is 0 Å². The third-order valence-corrected chi connectivity index (χ3v) is 2.31. The molecule has 15 heavy (non-hydrogen) atoms. The molecule has 0 atom stereocenters. The summed E-state index contributed by atoms with van der Waals surface area (Å²) in [5.41, 5.74) is 6.42. The van der Waals surface area contributed by atoms with Gasteiger partial charge >= 0.3 is 0 Å². The summed E-state index contributed by atoms with van der Waals surface area (Å²) in [7, 11) is 0. The minimum absolute atomic E-state index is 0.0605. The van der Waals surface area contributed by atoms with E-state index in [0.29, 0.717) is 24.6 Å². The number of aliphatic hydroxyl groups is 1. The molecule has 5 heteroatoms. The number of nitrogens with two attached hydrogens (primary N) is 1. The molecule has 1 aromatic heterocycles. The largest absolute Gasteiger partial charge is 0.396 e. The van der Waals surface area contributed by atoms with Gasteiger partial charge in [-0.05, 0) is 22.0 Å². The fourth-order valence-corrected chi connectivity index (χ4v) is 1.62. The lowest BCUT2D eigenvalue weighted by Crippen LogP contribution is -2.28. The first kappa shape index (κ1) is 12.0. The summed E-state index contributed by atoms with van der Waals surface area (Å²) in [6, 6.07) is 1.79. The summed E-state index contributed by atoms with van der Waals surface area (Å²) >= 11 is 3.29. The Labute approximate surface area is 97.5 Å². The second-order valence-electron chi connectivity index (χ2n) is 3.02. The van der Waals surface area contributed by atoms with E-state index in [4.69, 9.17) is 10.8 Å². The van der Waals surface area contributed by atoms with Crippen molar-refractivity contribution in [2.24, 2.45) is 0 Å². The summed E-state index contributed by atoms with van der Waals surface area (Å²) in [6.45, 7) is 4.82. The summed E-state index contributed by atoms with van der Waals surface area (Å²) in [6.07, 6.45) is 3.43. The fraction of sp³-hybridized carbons (Fsp3) is 0.300. The Morgan fingerprint density at radius 3 is 2.93 bits per heavy atom. The molecule has 0 aliphatic carbocycles. The Morgan fingerprint density at radius 1 is 1.67 bits per heavy atom. The van der Waals surface area contributed by atoms with Gasteiger partial charge < -0.3 is 15.7 Å². The molecule has 4 nitrogen and oxygen atoms in total. The molecule has 0 aliphatic rings. The van der Waals surface area contributed by atoms with Gasteiger partial charge in [-0.1, -0.05) is 6.08 Å². The minimum Gasteiger partial charge on any atom is -0.396 e. The van der Waals surface area contributed by atoms with Gasteiger partial charge in [0.05, 0.1) is 12.3 Å². The van der Waals surface area contributed by atoms with Crippen LogP contribution in [-0.2, 0) is 0 Å². The molecular weight excluding hydrogens is 258 g/mol. The highest BCUT2D eigenvalue weighted by molar-refractivity contribution is 9.10. The molecule has 0 bridgehead atoms. The van der Waals surface area contributed by atoms with Crippen molar-refractivity contribution < 1.29 is 5.11 Å². The topological polar surface area (TPSA) is 62.4 Å². The molecule has 0 spiro atoms. The van der Waals surface area contributed by atoms with E-state index >= 15 is 0 Å². The Balaban J connectivity index is 2.94. The molecule has 0 amide bonds. The first-order chi connectivity index (χ1) is 7.19. The Hall–Kier alpha value is -1.07. The van der Waals surface area contributed by atoms with Crippen LogP contribution >= 0.6 is 15.9 Å². The average Bonchev–Trinajstić information content (AvgIpc) is 2.17. The van der Waals surface area contributed by atoms with E-state index in [2.05, 4.69) is 27.5 Å². The zero-order valence-corrected chi connectivity index (χ0v) is 9.94. The van der Waals surface area contributed by atoms with Crippen LogP contribution in [-0.4, -0.2) is 29.8 Å². The Morgan fingerprint density at radius 2 is 2.40 bits per heavy atom. The number of hydrogen-bond donors (Lipinski definition) is 2. The van der Waals surface area contributed by atoms with Crippen LogP contribution in [0.25, 0.3) is 0 Å². The Bertz CT molecular complexity index is 343. The maximum Gasteiger partial charge on any atom is 0.152 e. The van der Waals surface area contributed by atoms with Crippen molar-refractivity contribution in [3.8, 4) is 0 Å².